The Morgan fingerprint density at radius 1 is 1.12 bits per heavy atom. The quantitative estimate of drug-likeness (QED) is 0.825. The lowest BCUT2D eigenvalue weighted by molar-refractivity contribution is -0.122. The summed E-state index contributed by atoms with van der Waals surface area (Å²) >= 11 is 0. The zero-order chi connectivity index (χ0) is 17.7. The molecule has 3 N–H and O–H groups in total. The van der Waals surface area contributed by atoms with Crippen molar-refractivity contribution in [2.75, 3.05) is 12.4 Å². The van der Waals surface area contributed by atoms with Crippen molar-refractivity contribution in [3.8, 4) is 11.5 Å². The van der Waals surface area contributed by atoms with E-state index in [-0.39, 0.29) is 10.8 Å². The molecule has 0 fully saturated rings. The molecule has 8 heteroatoms. The van der Waals surface area contributed by atoms with Crippen molar-refractivity contribution in [2.24, 2.45) is 5.14 Å². The lowest BCUT2D eigenvalue weighted by atomic mass is 10.3. The first-order valence-corrected chi connectivity index (χ1v) is 8.58. The number of primary sulfonamides is 1. The molecule has 128 valence electrons. The van der Waals surface area contributed by atoms with Crippen molar-refractivity contribution < 1.29 is 22.7 Å². The summed E-state index contributed by atoms with van der Waals surface area (Å²) in [5.41, 5.74) is 0.438. The third kappa shape index (κ3) is 4.71. The van der Waals surface area contributed by atoms with Gasteiger partial charge >= 0.3 is 0 Å². The number of sulfonamides is 1. The Morgan fingerprint density at radius 3 is 2.33 bits per heavy atom. The number of hydrogen-bond acceptors (Lipinski definition) is 5. The normalized spacial score (nSPS) is 12.3. The van der Waals surface area contributed by atoms with Crippen LogP contribution in [0.5, 0.6) is 11.5 Å². The predicted octanol–water partition coefficient (Wildman–Crippen LogP) is 1.75. The van der Waals surface area contributed by atoms with E-state index < -0.39 is 16.1 Å². The van der Waals surface area contributed by atoms with Gasteiger partial charge in [0.15, 0.2) is 6.10 Å². The summed E-state index contributed by atoms with van der Waals surface area (Å²) in [5, 5.41) is 7.66. The maximum atomic E-state index is 12.1. The molecular formula is C16H18N2O5S. The summed E-state index contributed by atoms with van der Waals surface area (Å²) in [6.07, 6.45) is -0.755. The van der Waals surface area contributed by atoms with Gasteiger partial charge in [0, 0.05) is 11.8 Å². The van der Waals surface area contributed by atoms with E-state index in [1.807, 2.05) is 0 Å². The molecule has 0 bridgehead atoms. The molecule has 2 aromatic rings. The van der Waals surface area contributed by atoms with E-state index in [9.17, 15) is 13.2 Å². The first-order chi connectivity index (χ1) is 11.3. The minimum absolute atomic E-state index is 0.0267. The summed E-state index contributed by atoms with van der Waals surface area (Å²) in [5.74, 6) is 0.751. The summed E-state index contributed by atoms with van der Waals surface area (Å²) in [4.78, 5) is 12.1. The van der Waals surface area contributed by atoms with Crippen LogP contribution >= 0.6 is 0 Å². The van der Waals surface area contributed by atoms with Crippen LogP contribution in [0.2, 0.25) is 0 Å². The van der Waals surface area contributed by atoms with Crippen molar-refractivity contribution in [3.63, 3.8) is 0 Å². The molecule has 0 aliphatic rings. The van der Waals surface area contributed by atoms with Crippen LogP contribution in [0.3, 0.4) is 0 Å². The molecule has 2 aromatic carbocycles. The molecule has 0 aliphatic carbocycles. The molecule has 0 aromatic heterocycles. The number of ether oxygens (including phenoxy) is 2. The van der Waals surface area contributed by atoms with E-state index in [2.05, 4.69) is 5.32 Å². The highest BCUT2D eigenvalue weighted by atomic mass is 32.2. The minimum Gasteiger partial charge on any atom is -0.497 e. The summed E-state index contributed by atoms with van der Waals surface area (Å²) in [7, 11) is -2.22. The van der Waals surface area contributed by atoms with Gasteiger partial charge in [0.05, 0.1) is 12.0 Å². The lowest BCUT2D eigenvalue weighted by Gasteiger charge is -2.15. The van der Waals surface area contributed by atoms with Gasteiger partial charge in [-0.2, -0.15) is 0 Å². The van der Waals surface area contributed by atoms with Gasteiger partial charge in [-0.25, -0.2) is 13.6 Å². The van der Waals surface area contributed by atoms with E-state index >= 15 is 0 Å². The maximum Gasteiger partial charge on any atom is 0.265 e. The number of nitrogens with one attached hydrogen (secondary N) is 1. The first kappa shape index (κ1) is 17.8. The van der Waals surface area contributed by atoms with E-state index in [4.69, 9.17) is 14.6 Å². The van der Waals surface area contributed by atoms with Gasteiger partial charge in [0.25, 0.3) is 5.91 Å². The van der Waals surface area contributed by atoms with Crippen LogP contribution in [0.4, 0.5) is 5.69 Å². The molecule has 0 saturated carbocycles. The zero-order valence-electron chi connectivity index (χ0n) is 13.2. The molecule has 1 atom stereocenters. The molecule has 7 nitrogen and oxygen atoms in total. The monoisotopic (exact) mass is 350 g/mol. The number of carbonyl (C=O) groups excluding carboxylic acids is 1. The number of methoxy groups -OCH3 is 1. The number of anilines is 1. The average molecular weight is 350 g/mol. The Labute approximate surface area is 140 Å². The standard InChI is InChI=1S/C16H18N2O5S/c1-11(23-14-5-3-4-13(10-14)22-2)16(19)18-12-6-8-15(9-7-12)24(17,20)21/h3-11H,1-2H3,(H,18,19)(H2,17,20,21). The van der Waals surface area contributed by atoms with Crippen molar-refractivity contribution in [3.05, 3.63) is 48.5 Å². The summed E-state index contributed by atoms with van der Waals surface area (Å²) < 4.78 is 33.0. The molecule has 0 heterocycles. The van der Waals surface area contributed by atoms with Gasteiger partial charge < -0.3 is 14.8 Å². The highest BCUT2D eigenvalue weighted by molar-refractivity contribution is 7.89. The largest absolute Gasteiger partial charge is 0.497 e. The number of nitrogens with two attached hydrogens (primary N) is 1. The van der Waals surface area contributed by atoms with Gasteiger partial charge in [0.2, 0.25) is 10.0 Å². The molecule has 0 spiro atoms. The molecular weight excluding hydrogens is 332 g/mol. The first-order valence-electron chi connectivity index (χ1n) is 7.04. The Kier molecular flexibility index (Phi) is 5.42. The molecule has 2 rings (SSSR count). The molecule has 1 amide bonds. The maximum absolute atomic E-state index is 12.1. The van der Waals surface area contributed by atoms with E-state index in [0.717, 1.165) is 0 Å². The zero-order valence-corrected chi connectivity index (χ0v) is 14.0. The van der Waals surface area contributed by atoms with E-state index in [1.165, 1.54) is 24.3 Å². The van der Waals surface area contributed by atoms with Crippen LogP contribution in [-0.4, -0.2) is 27.5 Å². The second-order valence-corrected chi connectivity index (χ2v) is 6.56. The predicted molar refractivity (Wildman–Crippen MR) is 89.5 cm³/mol. The van der Waals surface area contributed by atoms with Gasteiger partial charge in [-0.05, 0) is 43.3 Å². The summed E-state index contributed by atoms with van der Waals surface area (Å²) in [6, 6.07) is 12.5. The van der Waals surface area contributed by atoms with E-state index in [0.29, 0.717) is 17.2 Å². The van der Waals surface area contributed by atoms with Crippen molar-refractivity contribution in [2.45, 2.75) is 17.9 Å². The lowest BCUT2D eigenvalue weighted by Crippen LogP contribution is -2.30. The van der Waals surface area contributed by atoms with Gasteiger partial charge in [-0.15, -0.1) is 0 Å². The fraction of sp³-hybridized carbons (Fsp3) is 0.188. The second-order valence-electron chi connectivity index (χ2n) is 5.00. The SMILES string of the molecule is COc1cccc(OC(C)C(=O)Nc2ccc(S(N)(=O)=O)cc2)c1. The molecule has 0 aliphatic heterocycles. The fourth-order valence-corrected chi connectivity index (χ4v) is 2.42. The van der Waals surface area contributed by atoms with Crippen molar-refractivity contribution in [1.29, 1.82) is 0 Å². The molecule has 24 heavy (non-hydrogen) atoms. The Bertz CT molecular complexity index is 819. The Morgan fingerprint density at radius 2 is 1.75 bits per heavy atom. The number of amides is 1. The highest BCUT2D eigenvalue weighted by Gasteiger charge is 2.16. The van der Waals surface area contributed by atoms with Crippen LogP contribution in [0.1, 0.15) is 6.92 Å². The molecule has 0 radical (unpaired) electrons. The number of carbonyl (C=O) groups is 1. The molecule has 1 unspecified atom stereocenters. The Hall–Kier alpha value is -2.58. The van der Waals surface area contributed by atoms with Crippen molar-refractivity contribution >= 4 is 21.6 Å². The highest BCUT2D eigenvalue weighted by Crippen LogP contribution is 2.20. The fourth-order valence-electron chi connectivity index (χ4n) is 1.90. The molecule has 0 saturated heterocycles. The van der Waals surface area contributed by atoms with Crippen LogP contribution in [0.25, 0.3) is 0 Å². The van der Waals surface area contributed by atoms with Gasteiger partial charge in [-0.1, -0.05) is 6.07 Å². The third-order valence-electron chi connectivity index (χ3n) is 3.17. The number of benzene rings is 2. The number of hydrogen-bond donors (Lipinski definition) is 2. The van der Waals surface area contributed by atoms with E-state index in [1.54, 1.807) is 38.3 Å². The minimum atomic E-state index is -3.76. The third-order valence-corrected chi connectivity index (χ3v) is 4.10. The van der Waals surface area contributed by atoms with Crippen LogP contribution in [-0.2, 0) is 14.8 Å². The number of rotatable bonds is 6. The van der Waals surface area contributed by atoms with Crippen LogP contribution < -0.4 is 19.9 Å². The second kappa shape index (κ2) is 7.33. The van der Waals surface area contributed by atoms with Crippen LogP contribution in [0, 0.1) is 0 Å². The summed E-state index contributed by atoms with van der Waals surface area (Å²) in [6.45, 7) is 1.60. The smallest absolute Gasteiger partial charge is 0.265 e. The van der Waals surface area contributed by atoms with Crippen molar-refractivity contribution in [1.82, 2.24) is 0 Å². The van der Waals surface area contributed by atoms with Gasteiger partial charge in [0.1, 0.15) is 11.5 Å². The van der Waals surface area contributed by atoms with Gasteiger partial charge in [-0.3, -0.25) is 4.79 Å². The Balaban J connectivity index is 2.00. The topological polar surface area (TPSA) is 108 Å². The van der Waals surface area contributed by atoms with Crippen LogP contribution in [0.15, 0.2) is 53.4 Å². The average Bonchev–Trinajstić information content (AvgIpc) is 2.54.